The summed E-state index contributed by atoms with van der Waals surface area (Å²) in [4.78, 5) is 23.8. The van der Waals surface area contributed by atoms with Crippen LogP contribution in [0, 0.1) is 0 Å². The minimum Gasteiger partial charge on any atom is -0.493 e. The number of carbonyl (C=O) groups excluding carboxylic acids is 1. The number of ether oxygens (including phenoxy) is 1. The van der Waals surface area contributed by atoms with Gasteiger partial charge in [0.1, 0.15) is 11.8 Å². The van der Waals surface area contributed by atoms with Crippen molar-refractivity contribution in [2.45, 2.75) is 39.2 Å². The summed E-state index contributed by atoms with van der Waals surface area (Å²) in [6.07, 6.45) is 0.153. The van der Waals surface area contributed by atoms with Crippen molar-refractivity contribution in [3.05, 3.63) is 29.8 Å². The molecule has 1 rings (SSSR count). The van der Waals surface area contributed by atoms with Gasteiger partial charge in [0.25, 0.3) is 0 Å². The van der Waals surface area contributed by atoms with Crippen LogP contribution < -0.4 is 4.74 Å². The quantitative estimate of drug-likeness (QED) is 0.839. The molecule has 5 heteroatoms. The van der Waals surface area contributed by atoms with Gasteiger partial charge in [-0.05, 0) is 30.5 Å². The predicted molar refractivity (Wildman–Crippen MR) is 80.5 cm³/mol. The monoisotopic (exact) mass is 293 g/mol. The second kappa shape index (κ2) is 7.67. The number of carboxylic acids is 1. The fourth-order valence-corrected chi connectivity index (χ4v) is 1.76. The van der Waals surface area contributed by atoms with Crippen LogP contribution in [0.25, 0.3) is 0 Å². The van der Waals surface area contributed by atoms with Gasteiger partial charge in [-0.2, -0.15) is 0 Å². The first kappa shape index (κ1) is 17.0. The molecule has 1 aromatic rings. The Kier molecular flexibility index (Phi) is 6.21. The van der Waals surface area contributed by atoms with Crippen molar-refractivity contribution in [1.29, 1.82) is 0 Å². The molecule has 0 saturated heterocycles. The molecule has 1 atom stereocenters. The Bertz CT molecular complexity index is 482. The highest BCUT2D eigenvalue weighted by atomic mass is 16.5. The first-order valence-electron chi connectivity index (χ1n) is 7.04. The molecule has 0 fully saturated rings. The maximum atomic E-state index is 11.8. The van der Waals surface area contributed by atoms with E-state index in [9.17, 15) is 9.59 Å². The highest BCUT2D eigenvalue weighted by molar-refractivity contribution is 5.83. The second-order valence-corrected chi connectivity index (χ2v) is 5.34. The summed E-state index contributed by atoms with van der Waals surface area (Å²) in [5, 5.41) is 8.85. The molecule has 0 bridgehead atoms. The van der Waals surface area contributed by atoms with Crippen molar-refractivity contribution in [2.75, 3.05) is 13.7 Å². The number of benzene rings is 1. The number of likely N-dealkylation sites (N-methyl/N-ethyl adjacent to an activating group) is 1. The van der Waals surface area contributed by atoms with Gasteiger partial charge >= 0.3 is 5.97 Å². The molecule has 1 amide bonds. The zero-order valence-corrected chi connectivity index (χ0v) is 13.0. The van der Waals surface area contributed by atoms with Crippen molar-refractivity contribution in [3.8, 4) is 5.75 Å². The Hall–Kier alpha value is -2.04. The lowest BCUT2D eigenvalue weighted by Crippen LogP contribution is -2.40. The number of amides is 1. The van der Waals surface area contributed by atoms with Crippen LogP contribution in [0.4, 0.5) is 0 Å². The van der Waals surface area contributed by atoms with Gasteiger partial charge in [-0.1, -0.05) is 26.0 Å². The molecule has 0 spiro atoms. The maximum absolute atomic E-state index is 11.8. The minimum atomic E-state index is -1.02. The molecule has 1 aromatic carbocycles. The topological polar surface area (TPSA) is 66.8 Å². The number of aliphatic carboxylic acids is 1. The zero-order chi connectivity index (χ0) is 16.0. The second-order valence-electron chi connectivity index (χ2n) is 5.34. The summed E-state index contributed by atoms with van der Waals surface area (Å²) in [7, 11) is 1.48. The van der Waals surface area contributed by atoms with E-state index in [2.05, 4.69) is 13.8 Å². The third-order valence-electron chi connectivity index (χ3n) is 3.46. The number of nitrogens with zero attached hydrogens (tertiary/aromatic N) is 1. The van der Waals surface area contributed by atoms with Crippen molar-refractivity contribution in [1.82, 2.24) is 4.90 Å². The molecular weight excluding hydrogens is 270 g/mol. The van der Waals surface area contributed by atoms with Crippen molar-refractivity contribution in [2.24, 2.45) is 0 Å². The summed E-state index contributed by atoms with van der Waals surface area (Å²) >= 11 is 0. The molecule has 0 aliphatic rings. The van der Waals surface area contributed by atoms with Gasteiger partial charge < -0.3 is 14.7 Å². The molecule has 0 heterocycles. The van der Waals surface area contributed by atoms with Crippen LogP contribution in [0.3, 0.4) is 0 Å². The molecule has 5 nitrogen and oxygen atoms in total. The number of hydrogen-bond acceptors (Lipinski definition) is 3. The molecule has 116 valence electrons. The summed E-state index contributed by atoms with van der Waals surface area (Å²) < 4.78 is 5.51. The van der Waals surface area contributed by atoms with Gasteiger partial charge in [0.2, 0.25) is 5.91 Å². The molecule has 1 unspecified atom stereocenters. The first-order chi connectivity index (χ1) is 9.82. The van der Waals surface area contributed by atoms with E-state index in [0.29, 0.717) is 11.7 Å². The average Bonchev–Trinajstić information content (AvgIpc) is 2.45. The minimum absolute atomic E-state index is 0.153. The lowest BCUT2D eigenvalue weighted by atomic mass is 10.0. The molecule has 0 aliphatic carbocycles. The average molecular weight is 293 g/mol. The van der Waals surface area contributed by atoms with E-state index in [1.165, 1.54) is 24.4 Å². The third-order valence-corrected chi connectivity index (χ3v) is 3.46. The maximum Gasteiger partial charge on any atom is 0.326 e. The molecular formula is C16H23NO4. The lowest BCUT2D eigenvalue weighted by molar-refractivity contribution is -0.148. The zero-order valence-electron chi connectivity index (χ0n) is 13.0. The summed E-state index contributed by atoms with van der Waals surface area (Å²) in [5.41, 5.74) is 1.23. The SMILES string of the molecule is CC(C)c1ccc(OCCC(=O)N(C)C(C)C(=O)O)cc1. The van der Waals surface area contributed by atoms with Crippen LogP contribution in [0.2, 0.25) is 0 Å². The third kappa shape index (κ3) is 5.10. The molecule has 0 aliphatic heterocycles. The van der Waals surface area contributed by atoms with E-state index in [1.807, 2.05) is 24.3 Å². The van der Waals surface area contributed by atoms with Gasteiger partial charge in [-0.15, -0.1) is 0 Å². The van der Waals surface area contributed by atoms with Crippen LogP contribution in [-0.2, 0) is 9.59 Å². The lowest BCUT2D eigenvalue weighted by Gasteiger charge is -2.21. The van der Waals surface area contributed by atoms with E-state index in [0.717, 1.165) is 0 Å². The van der Waals surface area contributed by atoms with Crippen LogP contribution in [0.5, 0.6) is 5.75 Å². The van der Waals surface area contributed by atoms with Crippen LogP contribution in [-0.4, -0.2) is 41.6 Å². The highest BCUT2D eigenvalue weighted by Gasteiger charge is 2.21. The molecule has 1 N–H and O–H groups in total. The smallest absolute Gasteiger partial charge is 0.326 e. The molecule has 0 radical (unpaired) electrons. The van der Waals surface area contributed by atoms with Gasteiger partial charge in [-0.3, -0.25) is 4.79 Å². The Labute approximate surface area is 125 Å². The molecule has 21 heavy (non-hydrogen) atoms. The normalized spacial score (nSPS) is 12.0. The van der Waals surface area contributed by atoms with E-state index in [-0.39, 0.29) is 18.9 Å². The van der Waals surface area contributed by atoms with E-state index in [4.69, 9.17) is 9.84 Å². The summed E-state index contributed by atoms with van der Waals surface area (Å²) in [6, 6.07) is 6.93. The van der Waals surface area contributed by atoms with Crippen LogP contribution in [0.1, 0.15) is 38.7 Å². The standard InChI is InChI=1S/C16H23NO4/c1-11(2)13-5-7-14(8-6-13)21-10-9-15(18)17(4)12(3)16(19)20/h5-8,11-12H,9-10H2,1-4H3,(H,19,20). The molecule has 0 aromatic heterocycles. The Balaban J connectivity index is 2.42. The first-order valence-corrected chi connectivity index (χ1v) is 7.04. The van der Waals surface area contributed by atoms with Gasteiger partial charge in [0.05, 0.1) is 13.0 Å². The Morgan fingerprint density at radius 3 is 2.24 bits per heavy atom. The largest absolute Gasteiger partial charge is 0.493 e. The van der Waals surface area contributed by atoms with Gasteiger partial charge in [0, 0.05) is 7.05 Å². The van der Waals surface area contributed by atoms with Crippen molar-refractivity contribution >= 4 is 11.9 Å². The predicted octanol–water partition coefficient (Wildman–Crippen LogP) is 2.51. The number of carbonyl (C=O) groups is 2. The Morgan fingerprint density at radius 2 is 1.76 bits per heavy atom. The Morgan fingerprint density at radius 1 is 1.19 bits per heavy atom. The van der Waals surface area contributed by atoms with E-state index < -0.39 is 12.0 Å². The van der Waals surface area contributed by atoms with Gasteiger partial charge in [0.15, 0.2) is 0 Å². The highest BCUT2D eigenvalue weighted by Crippen LogP contribution is 2.18. The van der Waals surface area contributed by atoms with Gasteiger partial charge in [-0.25, -0.2) is 4.79 Å². The van der Waals surface area contributed by atoms with Crippen molar-refractivity contribution in [3.63, 3.8) is 0 Å². The fourth-order valence-electron chi connectivity index (χ4n) is 1.76. The van der Waals surface area contributed by atoms with Crippen LogP contribution >= 0.6 is 0 Å². The van der Waals surface area contributed by atoms with Crippen molar-refractivity contribution < 1.29 is 19.4 Å². The van der Waals surface area contributed by atoms with E-state index in [1.54, 1.807) is 0 Å². The number of hydrogen-bond donors (Lipinski definition) is 1. The number of rotatable bonds is 7. The van der Waals surface area contributed by atoms with E-state index >= 15 is 0 Å². The summed E-state index contributed by atoms with van der Waals surface area (Å²) in [6.45, 7) is 5.95. The molecule has 0 saturated carbocycles. The summed E-state index contributed by atoms with van der Waals surface area (Å²) in [5.74, 6) is -0.0901. The van der Waals surface area contributed by atoms with Crippen LogP contribution in [0.15, 0.2) is 24.3 Å². The fraction of sp³-hybridized carbons (Fsp3) is 0.500. The number of carboxylic acid groups (broad SMARTS) is 1.